The predicted octanol–water partition coefficient (Wildman–Crippen LogP) is 4.44. The van der Waals surface area contributed by atoms with Gasteiger partial charge in [0, 0.05) is 54.8 Å². The molecule has 0 saturated carbocycles. The van der Waals surface area contributed by atoms with Gasteiger partial charge in [0.1, 0.15) is 0 Å². The topological polar surface area (TPSA) is 38.1 Å². The van der Waals surface area contributed by atoms with Crippen LogP contribution in [0.4, 0.5) is 0 Å². The number of aryl methyl sites for hydroxylation is 1. The van der Waals surface area contributed by atoms with E-state index < -0.39 is 0 Å². The molecular weight excluding hydrogens is 354 g/mol. The molecule has 27 heavy (non-hydrogen) atoms. The number of carbonyl (C=O) groups excluding carboxylic acids is 1. The summed E-state index contributed by atoms with van der Waals surface area (Å²) in [7, 11) is 0. The number of nitrogens with zero attached hydrogens (tertiary/aromatic N) is 3. The molecule has 4 rings (SSSR count). The Balaban J connectivity index is 1.50. The van der Waals surface area contributed by atoms with Crippen molar-refractivity contribution in [1.29, 1.82) is 0 Å². The third kappa shape index (κ3) is 3.83. The van der Waals surface area contributed by atoms with Crippen LogP contribution in [0.15, 0.2) is 41.8 Å². The molecule has 0 unspecified atom stereocenters. The van der Waals surface area contributed by atoms with Gasteiger partial charge in [-0.3, -0.25) is 4.79 Å². The second-order valence-electron chi connectivity index (χ2n) is 7.22. The lowest BCUT2D eigenvalue weighted by Gasteiger charge is -2.13. The Morgan fingerprint density at radius 2 is 2.00 bits per heavy atom. The van der Waals surface area contributed by atoms with Gasteiger partial charge < -0.3 is 9.47 Å². The first-order chi connectivity index (χ1) is 13.1. The van der Waals surface area contributed by atoms with E-state index in [1.807, 2.05) is 4.90 Å². The zero-order valence-corrected chi connectivity index (χ0v) is 16.8. The summed E-state index contributed by atoms with van der Waals surface area (Å²) in [6.45, 7) is 6.90. The molecule has 2 aromatic heterocycles. The number of rotatable bonds is 6. The molecule has 1 saturated heterocycles. The summed E-state index contributed by atoms with van der Waals surface area (Å²) in [5, 5.41) is 3.26. The third-order valence-corrected chi connectivity index (χ3v) is 6.26. The van der Waals surface area contributed by atoms with E-state index >= 15 is 0 Å². The fourth-order valence-electron chi connectivity index (χ4n) is 3.79. The molecule has 1 aliphatic heterocycles. The van der Waals surface area contributed by atoms with Crippen molar-refractivity contribution >= 4 is 17.2 Å². The molecular formula is C22H25N3OS. The van der Waals surface area contributed by atoms with Crippen LogP contribution in [0.2, 0.25) is 0 Å². The van der Waals surface area contributed by atoms with Crippen LogP contribution in [0.3, 0.4) is 0 Å². The van der Waals surface area contributed by atoms with Crippen molar-refractivity contribution in [2.75, 3.05) is 13.1 Å². The summed E-state index contributed by atoms with van der Waals surface area (Å²) < 4.78 is 2.35. The highest BCUT2D eigenvalue weighted by molar-refractivity contribution is 7.09. The second kappa shape index (κ2) is 7.69. The monoisotopic (exact) mass is 379 g/mol. The summed E-state index contributed by atoms with van der Waals surface area (Å²) >= 11 is 1.70. The number of thiazole rings is 1. The van der Waals surface area contributed by atoms with Crippen molar-refractivity contribution in [3.63, 3.8) is 0 Å². The van der Waals surface area contributed by atoms with Crippen molar-refractivity contribution in [3.8, 4) is 11.3 Å². The molecule has 0 aliphatic carbocycles. The quantitative estimate of drug-likeness (QED) is 0.635. The van der Waals surface area contributed by atoms with Gasteiger partial charge in [-0.2, -0.15) is 0 Å². The van der Waals surface area contributed by atoms with Gasteiger partial charge in [-0.05, 0) is 31.9 Å². The Kier molecular flexibility index (Phi) is 5.12. The second-order valence-corrected chi connectivity index (χ2v) is 8.16. The Labute approximate surface area is 164 Å². The van der Waals surface area contributed by atoms with E-state index in [9.17, 15) is 4.79 Å². The summed E-state index contributed by atoms with van der Waals surface area (Å²) in [4.78, 5) is 18.6. The molecule has 140 valence electrons. The van der Waals surface area contributed by atoms with Crippen LogP contribution in [-0.2, 0) is 17.8 Å². The van der Waals surface area contributed by atoms with E-state index in [1.165, 1.54) is 22.5 Å². The highest BCUT2D eigenvalue weighted by atomic mass is 32.1. The molecule has 0 atom stereocenters. The molecule has 1 aliphatic rings. The van der Waals surface area contributed by atoms with Crippen LogP contribution in [0, 0.1) is 13.8 Å². The maximum Gasteiger partial charge on any atom is 0.222 e. The number of hydrogen-bond acceptors (Lipinski definition) is 3. The third-order valence-electron chi connectivity index (χ3n) is 5.35. The van der Waals surface area contributed by atoms with Crippen molar-refractivity contribution in [1.82, 2.24) is 14.5 Å². The van der Waals surface area contributed by atoms with Crippen molar-refractivity contribution < 1.29 is 4.79 Å². The molecule has 1 aromatic carbocycles. The van der Waals surface area contributed by atoms with Gasteiger partial charge in [-0.1, -0.05) is 30.3 Å². The van der Waals surface area contributed by atoms with Crippen LogP contribution < -0.4 is 0 Å². The number of likely N-dealkylation sites (tertiary alicyclic amines) is 1. The lowest BCUT2D eigenvalue weighted by molar-refractivity contribution is -0.127. The van der Waals surface area contributed by atoms with Crippen molar-refractivity contribution in [3.05, 3.63) is 63.7 Å². The van der Waals surface area contributed by atoms with Gasteiger partial charge in [0.05, 0.1) is 10.7 Å². The summed E-state index contributed by atoms with van der Waals surface area (Å²) in [6.07, 6.45) is 2.55. The lowest BCUT2D eigenvalue weighted by atomic mass is 10.2. The molecule has 0 bridgehead atoms. The van der Waals surface area contributed by atoms with Gasteiger partial charge in [0.2, 0.25) is 5.91 Å². The minimum Gasteiger partial charge on any atom is -0.344 e. The Morgan fingerprint density at radius 1 is 1.19 bits per heavy atom. The lowest BCUT2D eigenvalue weighted by Crippen LogP contribution is -2.26. The highest BCUT2D eigenvalue weighted by Gasteiger charge is 2.20. The molecule has 3 aromatic rings. The molecule has 4 nitrogen and oxygen atoms in total. The average Bonchev–Trinajstić information content (AvgIpc) is 3.37. The van der Waals surface area contributed by atoms with Crippen LogP contribution in [0.1, 0.15) is 34.8 Å². The van der Waals surface area contributed by atoms with E-state index in [0.717, 1.165) is 43.2 Å². The number of aromatic nitrogens is 2. The largest absolute Gasteiger partial charge is 0.344 e. The summed E-state index contributed by atoms with van der Waals surface area (Å²) in [6, 6.07) is 12.8. The van der Waals surface area contributed by atoms with Gasteiger partial charge >= 0.3 is 0 Å². The average molecular weight is 380 g/mol. The van der Waals surface area contributed by atoms with Gasteiger partial charge in [0.25, 0.3) is 0 Å². The Bertz CT molecular complexity index is 942. The molecule has 0 N–H and O–H groups in total. The molecule has 0 radical (unpaired) electrons. The van der Waals surface area contributed by atoms with E-state index in [4.69, 9.17) is 4.98 Å². The molecule has 3 heterocycles. The maximum atomic E-state index is 11.8. The first-order valence-electron chi connectivity index (χ1n) is 9.55. The fourth-order valence-corrected chi connectivity index (χ4v) is 4.58. The van der Waals surface area contributed by atoms with Gasteiger partial charge in [-0.15, -0.1) is 11.3 Å². The van der Waals surface area contributed by atoms with Gasteiger partial charge in [-0.25, -0.2) is 4.98 Å². The zero-order valence-electron chi connectivity index (χ0n) is 15.9. The summed E-state index contributed by atoms with van der Waals surface area (Å²) in [5.74, 6) is 0.288. The smallest absolute Gasteiger partial charge is 0.222 e. The summed E-state index contributed by atoms with van der Waals surface area (Å²) in [5.41, 5.74) is 6.07. The SMILES string of the molecule is Cc1cc(-c2csc(CCN3CCCC3=O)n2)c(C)n1Cc1ccccc1. The first kappa shape index (κ1) is 18.0. The highest BCUT2D eigenvalue weighted by Crippen LogP contribution is 2.29. The van der Waals surface area contributed by atoms with Crippen LogP contribution >= 0.6 is 11.3 Å². The number of amides is 1. The maximum absolute atomic E-state index is 11.8. The first-order valence-corrected chi connectivity index (χ1v) is 10.4. The molecule has 5 heteroatoms. The van der Waals surface area contributed by atoms with Crippen molar-refractivity contribution in [2.45, 2.75) is 39.7 Å². The van der Waals surface area contributed by atoms with E-state index in [0.29, 0.717) is 6.42 Å². The minimum atomic E-state index is 0.288. The molecule has 1 fully saturated rings. The van der Waals surface area contributed by atoms with Crippen molar-refractivity contribution in [2.24, 2.45) is 0 Å². The van der Waals surface area contributed by atoms with E-state index in [2.05, 4.69) is 60.2 Å². The predicted molar refractivity (Wildman–Crippen MR) is 110 cm³/mol. The Morgan fingerprint density at radius 3 is 2.74 bits per heavy atom. The zero-order chi connectivity index (χ0) is 18.8. The Hall–Kier alpha value is -2.40. The minimum absolute atomic E-state index is 0.288. The number of benzene rings is 1. The van der Waals surface area contributed by atoms with Crippen LogP contribution in [0.5, 0.6) is 0 Å². The molecule has 0 spiro atoms. The van der Waals surface area contributed by atoms with Crippen LogP contribution in [0.25, 0.3) is 11.3 Å². The number of carbonyl (C=O) groups is 1. The normalized spacial score (nSPS) is 14.3. The van der Waals surface area contributed by atoms with E-state index in [-0.39, 0.29) is 5.91 Å². The van der Waals surface area contributed by atoms with E-state index in [1.54, 1.807) is 11.3 Å². The standard InChI is InChI=1S/C22H25N3OS/c1-16-13-19(17(2)25(16)14-18-7-4-3-5-8-18)20-15-27-21(23-20)10-12-24-11-6-9-22(24)26/h3-5,7-8,13,15H,6,9-12,14H2,1-2H3. The van der Waals surface area contributed by atoms with Crippen LogP contribution in [-0.4, -0.2) is 33.4 Å². The number of hydrogen-bond donors (Lipinski definition) is 0. The fraction of sp³-hybridized carbons (Fsp3) is 0.364. The van der Waals surface area contributed by atoms with Gasteiger partial charge in [0.15, 0.2) is 0 Å². The molecule has 1 amide bonds.